The highest BCUT2D eigenvalue weighted by atomic mass is 32.2. The van der Waals surface area contributed by atoms with Crippen LogP contribution in [0.3, 0.4) is 0 Å². The summed E-state index contributed by atoms with van der Waals surface area (Å²) >= 11 is 1.09. The van der Waals surface area contributed by atoms with Crippen molar-refractivity contribution in [3.05, 3.63) is 36.3 Å². The molecule has 0 unspecified atom stereocenters. The maximum Gasteiger partial charge on any atom is 0.247 e. The zero-order chi connectivity index (χ0) is 15.7. The van der Waals surface area contributed by atoms with Crippen LogP contribution in [0, 0.1) is 6.92 Å². The van der Waals surface area contributed by atoms with E-state index in [-0.39, 0.29) is 5.75 Å². The second-order valence-corrected chi connectivity index (χ2v) is 5.99. The molecule has 7 heteroatoms. The number of aryl methyl sites for hydroxylation is 2. The lowest BCUT2D eigenvalue weighted by atomic mass is 10.2. The van der Waals surface area contributed by atoms with Gasteiger partial charge in [-0.15, -0.1) is 11.8 Å². The van der Waals surface area contributed by atoms with Crippen LogP contribution >= 0.6 is 11.8 Å². The first-order valence-corrected chi connectivity index (χ1v) is 7.69. The fraction of sp³-hybridized carbons (Fsp3) is 0.267. The number of thioether (sulfide) groups is 1. The lowest BCUT2D eigenvalue weighted by molar-refractivity contribution is 0.177. The van der Waals surface area contributed by atoms with Gasteiger partial charge in [0.05, 0.1) is 5.75 Å². The topological polar surface area (TPSA) is 43.6 Å². The van der Waals surface area contributed by atoms with E-state index in [2.05, 4.69) is 15.0 Å². The van der Waals surface area contributed by atoms with Crippen molar-refractivity contribution in [2.45, 2.75) is 18.2 Å². The third-order valence-corrected chi connectivity index (χ3v) is 4.29. The number of imidazole rings is 1. The van der Waals surface area contributed by atoms with Gasteiger partial charge in [0.2, 0.25) is 6.43 Å². The molecule has 0 aliphatic rings. The van der Waals surface area contributed by atoms with Crippen LogP contribution in [0.25, 0.3) is 22.6 Å². The quantitative estimate of drug-likeness (QED) is 0.688. The predicted molar refractivity (Wildman–Crippen MR) is 83.2 cm³/mol. The van der Waals surface area contributed by atoms with Gasteiger partial charge in [-0.1, -0.05) is 0 Å². The minimum Gasteiger partial charge on any atom is -0.312 e. The second-order valence-electron chi connectivity index (χ2n) is 4.92. The molecule has 3 aromatic rings. The summed E-state index contributed by atoms with van der Waals surface area (Å²) in [6.45, 7) is 1.96. The van der Waals surface area contributed by atoms with E-state index in [0.717, 1.165) is 34.1 Å². The lowest BCUT2D eigenvalue weighted by Gasteiger charge is -2.08. The zero-order valence-electron chi connectivity index (χ0n) is 12.1. The van der Waals surface area contributed by atoms with Crippen molar-refractivity contribution in [3.63, 3.8) is 0 Å². The van der Waals surface area contributed by atoms with Gasteiger partial charge in [-0.2, -0.15) is 0 Å². The fourth-order valence-corrected chi connectivity index (χ4v) is 3.01. The maximum atomic E-state index is 12.5. The predicted octanol–water partition coefficient (Wildman–Crippen LogP) is 3.70. The lowest BCUT2D eigenvalue weighted by Crippen LogP contribution is -1.98. The number of fused-ring (bicyclic) bond motifs is 1. The van der Waals surface area contributed by atoms with Crippen LogP contribution in [0.4, 0.5) is 8.78 Å². The Labute approximate surface area is 130 Å². The number of nitrogens with zero attached hydrogens (tertiary/aromatic N) is 4. The number of alkyl halides is 2. The van der Waals surface area contributed by atoms with Crippen molar-refractivity contribution in [3.8, 4) is 11.4 Å². The Hall–Kier alpha value is -2.02. The molecule has 3 aromatic heterocycles. The summed E-state index contributed by atoms with van der Waals surface area (Å²) in [5.74, 6) is 0.437. The summed E-state index contributed by atoms with van der Waals surface area (Å²) in [7, 11) is 1.87. The van der Waals surface area contributed by atoms with Crippen molar-refractivity contribution in [1.82, 2.24) is 19.5 Å². The Bertz CT molecular complexity index is 816. The van der Waals surface area contributed by atoms with Gasteiger partial charge in [0, 0.05) is 36.1 Å². The molecule has 3 heterocycles. The highest BCUT2D eigenvalue weighted by Crippen LogP contribution is 2.32. The van der Waals surface area contributed by atoms with E-state index in [9.17, 15) is 8.78 Å². The first kappa shape index (κ1) is 14.9. The minimum absolute atomic E-state index is 0.264. The van der Waals surface area contributed by atoms with E-state index in [1.165, 1.54) is 0 Å². The second kappa shape index (κ2) is 6.00. The van der Waals surface area contributed by atoms with Gasteiger partial charge in [-0.05, 0) is 24.6 Å². The van der Waals surface area contributed by atoms with Crippen LogP contribution in [-0.2, 0) is 7.05 Å². The highest BCUT2D eigenvalue weighted by molar-refractivity contribution is 7.99. The Balaban J connectivity index is 2.09. The summed E-state index contributed by atoms with van der Waals surface area (Å²) in [6, 6.07) is 3.75. The van der Waals surface area contributed by atoms with Crippen LogP contribution < -0.4 is 0 Å². The smallest absolute Gasteiger partial charge is 0.247 e. The number of aromatic nitrogens is 4. The Morgan fingerprint density at radius 2 is 2.14 bits per heavy atom. The summed E-state index contributed by atoms with van der Waals surface area (Å²) in [5.41, 5.74) is 3.37. The van der Waals surface area contributed by atoms with Crippen molar-refractivity contribution in [2.75, 3.05) is 5.75 Å². The van der Waals surface area contributed by atoms with E-state index in [0.29, 0.717) is 10.7 Å². The molecule has 0 fully saturated rings. The van der Waals surface area contributed by atoms with Gasteiger partial charge in [0.15, 0.2) is 5.65 Å². The van der Waals surface area contributed by atoms with Gasteiger partial charge >= 0.3 is 0 Å². The standard InChI is InChI=1S/C15H14F2N4S/c1-9-5-11-15(19-6-9)21(2)14(20-11)10-3-4-18-7-12(10)22-8-13(16)17/h3-7,13H,8H2,1-2H3. The average Bonchev–Trinajstić information content (AvgIpc) is 2.81. The fourth-order valence-electron chi connectivity index (χ4n) is 2.25. The molecule has 0 atom stereocenters. The molecule has 0 aromatic carbocycles. The summed E-state index contributed by atoms with van der Waals surface area (Å²) < 4.78 is 26.8. The zero-order valence-corrected chi connectivity index (χ0v) is 12.9. The van der Waals surface area contributed by atoms with Crippen LogP contribution in [0.15, 0.2) is 35.6 Å². The molecule has 0 aliphatic carbocycles. The van der Waals surface area contributed by atoms with Gasteiger partial charge in [0.1, 0.15) is 11.3 Å². The maximum absolute atomic E-state index is 12.5. The number of hydrogen-bond donors (Lipinski definition) is 0. The number of pyridine rings is 2. The third-order valence-electron chi connectivity index (χ3n) is 3.24. The molecule has 0 saturated carbocycles. The van der Waals surface area contributed by atoms with E-state index in [4.69, 9.17) is 0 Å². The molecule has 0 radical (unpaired) electrons. The van der Waals surface area contributed by atoms with E-state index in [1.807, 2.05) is 24.6 Å². The molecule has 0 spiro atoms. The molecular formula is C15H14F2N4S. The Morgan fingerprint density at radius 1 is 1.32 bits per heavy atom. The molecule has 114 valence electrons. The molecule has 22 heavy (non-hydrogen) atoms. The first-order valence-electron chi connectivity index (χ1n) is 6.70. The van der Waals surface area contributed by atoms with Crippen LogP contribution in [0.2, 0.25) is 0 Å². The van der Waals surface area contributed by atoms with Crippen LogP contribution in [0.1, 0.15) is 5.56 Å². The minimum atomic E-state index is -2.36. The third kappa shape index (κ3) is 2.81. The van der Waals surface area contributed by atoms with E-state index in [1.54, 1.807) is 24.7 Å². The molecule has 4 nitrogen and oxygen atoms in total. The van der Waals surface area contributed by atoms with Gasteiger partial charge in [-0.3, -0.25) is 4.98 Å². The molecule has 0 N–H and O–H groups in total. The summed E-state index contributed by atoms with van der Waals surface area (Å²) in [4.78, 5) is 13.7. The van der Waals surface area contributed by atoms with Crippen molar-refractivity contribution < 1.29 is 8.78 Å². The summed E-state index contributed by atoms with van der Waals surface area (Å²) in [5, 5.41) is 0. The molecular weight excluding hydrogens is 306 g/mol. The van der Waals surface area contributed by atoms with Crippen LogP contribution in [0.5, 0.6) is 0 Å². The van der Waals surface area contributed by atoms with E-state index < -0.39 is 6.43 Å². The molecule has 0 saturated heterocycles. The molecule has 0 aliphatic heterocycles. The van der Waals surface area contributed by atoms with Crippen molar-refractivity contribution in [2.24, 2.45) is 7.05 Å². The first-order chi connectivity index (χ1) is 10.6. The molecule has 0 bridgehead atoms. The molecule has 0 amide bonds. The SMILES string of the molecule is Cc1cnc2c(c1)nc(-c1ccncc1SCC(F)F)n2C. The van der Waals surface area contributed by atoms with Gasteiger partial charge in [-0.25, -0.2) is 18.7 Å². The van der Waals surface area contributed by atoms with Crippen molar-refractivity contribution in [1.29, 1.82) is 0 Å². The summed E-state index contributed by atoms with van der Waals surface area (Å²) in [6.07, 6.45) is 2.66. The average molecular weight is 320 g/mol. The number of halogens is 2. The van der Waals surface area contributed by atoms with Crippen LogP contribution in [-0.4, -0.2) is 31.7 Å². The Kier molecular flexibility index (Phi) is 4.06. The normalized spacial score (nSPS) is 11.5. The highest BCUT2D eigenvalue weighted by Gasteiger charge is 2.15. The van der Waals surface area contributed by atoms with Crippen molar-refractivity contribution >= 4 is 22.9 Å². The number of hydrogen-bond acceptors (Lipinski definition) is 4. The molecule has 3 rings (SSSR count). The number of rotatable bonds is 4. The largest absolute Gasteiger partial charge is 0.312 e. The Morgan fingerprint density at radius 3 is 2.91 bits per heavy atom. The van der Waals surface area contributed by atoms with E-state index >= 15 is 0 Å². The monoisotopic (exact) mass is 320 g/mol. The van der Waals surface area contributed by atoms with Gasteiger partial charge < -0.3 is 4.57 Å². The van der Waals surface area contributed by atoms with Gasteiger partial charge in [0.25, 0.3) is 0 Å².